The summed E-state index contributed by atoms with van der Waals surface area (Å²) >= 11 is 6.13. The van der Waals surface area contributed by atoms with Crippen LogP contribution in [0.4, 0.5) is 0 Å². The van der Waals surface area contributed by atoms with E-state index in [0.29, 0.717) is 0 Å². The third-order valence-electron chi connectivity index (χ3n) is 3.55. The Morgan fingerprint density at radius 2 is 2.00 bits per heavy atom. The highest BCUT2D eigenvalue weighted by atomic mass is 35.5. The zero-order valence-corrected chi connectivity index (χ0v) is 14.4. The van der Waals surface area contributed by atoms with E-state index in [1.54, 1.807) is 7.11 Å². The molecule has 1 aromatic carbocycles. The van der Waals surface area contributed by atoms with Crippen LogP contribution in [0.5, 0.6) is 5.75 Å². The molecule has 1 N–H and O–H groups in total. The molecular weight excluding hydrogens is 286 g/mol. The molecule has 0 saturated heterocycles. The summed E-state index contributed by atoms with van der Waals surface area (Å²) in [5.41, 5.74) is 1.12. The Morgan fingerprint density at radius 3 is 2.57 bits per heavy atom. The molecule has 0 bridgehead atoms. The lowest BCUT2D eigenvalue weighted by molar-refractivity contribution is 0.0284. The molecule has 3 nitrogen and oxygen atoms in total. The van der Waals surface area contributed by atoms with Crippen molar-refractivity contribution < 1.29 is 9.47 Å². The lowest BCUT2D eigenvalue weighted by atomic mass is 9.97. The van der Waals surface area contributed by atoms with Gasteiger partial charge in [-0.3, -0.25) is 0 Å². The van der Waals surface area contributed by atoms with Crippen LogP contribution in [0.1, 0.15) is 39.2 Å². The van der Waals surface area contributed by atoms with Gasteiger partial charge in [0, 0.05) is 17.7 Å². The smallest absolute Gasteiger partial charge is 0.122 e. The first-order chi connectivity index (χ1) is 10.2. The summed E-state index contributed by atoms with van der Waals surface area (Å²) in [5, 5.41) is 4.29. The molecule has 120 valence electrons. The van der Waals surface area contributed by atoms with Gasteiger partial charge in [0.2, 0.25) is 0 Å². The maximum atomic E-state index is 6.13. The molecule has 1 aromatic rings. The molecule has 1 rings (SSSR count). The van der Waals surface area contributed by atoms with Gasteiger partial charge < -0.3 is 14.8 Å². The van der Waals surface area contributed by atoms with Crippen LogP contribution >= 0.6 is 11.6 Å². The Bertz CT molecular complexity index is 406. The van der Waals surface area contributed by atoms with Crippen molar-refractivity contribution in [2.45, 2.75) is 52.2 Å². The molecule has 0 fully saturated rings. The number of nitrogens with one attached hydrogen (secondary N) is 1. The topological polar surface area (TPSA) is 30.5 Å². The van der Waals surface area contributed by atoms with Crippen LogP contribution in [-0.4, -0.2) is 32.4 Å². The van der Waals surface area contributed by atoms with Crippen molar-refractivity contribution in [1.29, 1.82) is 0 Å². The third-order valence-corrected chi connectivity index (χ3v) is 3.79. The Hall–Kier alpha value is -0.770. The van der Waals surface area contributed by atoms with Gasteiger partial charge in [-0.25, -0.2) is 0 Å². The van der Waals surface area contributed by atoms with Gasteiger partial charge in [-0.15, -0.1) is 0 Å². The second-order valence-corrected chi connectivity index (χ2v) is 5.54. The van der Waals surface area contributed by atoms with Crippen LogP contribution in [0, 0.1) is 0 Å². The predicted octanol–water partition coefficient (Wildman–Crippen LogP) is 4.07. The van der Waals surface area contributed by atoms with Crippen LogP contribution in [-0.2, 0) is 11.2 Å². The summed E-state index contributed by atoms with van der Waals surface area (Å²) in [4.78, 5) is 0. The summed E-state index contributed by atoms with van der Waals surface area (Å²) in [5.74, 6) is 0.883. The monoisotopic (exact) mass is 313 g/mol. The van der Waals surface area contributed by atoms with Crippen LogP contribution in [0.3, 0.4) is 0 Å². The van der Waals surface area contributed by atoms with E-state index < -0.39 is 0 Å². The van der Waals surface area contributed by atoms with Crippen molar-refractivity contribution in [2.24, 2.45) is 0 Å². The van der Waals surface area contributed by atoms with E-state index >= 15 is 0 Å². The molecule has 0 aliphatic heterocycles. The van der Waals surface area contributed by atoms with E-state index in [-0.39, 0.29) is 12.1 Å². The summed E-state index contributed by atoms with van der Waals surface area (Å²) in [6.07, 6.45) is 3.22. The van der Waals surface area contributed by atoms with Crippen molar-refractivity contribution in [3.05, 3.63) is 28.8 Å². The van der Waals surface area contributed by atoms with Crippen molar-refractivity contribution in [3.8, 4) is 5.75 Å². The quantitative estimate of drug-likeness (QED) is 0.706. The van der Waals surface area contributed by atoms with Crippen LogP contribution in [0.2, 0.25) is 5.02 Å². The number of benzene rings is 1. The summed E-state index contributed by atoms with van der Waals surface area (Å²) in [6.45, 7) is 8.01. The Morgan fingerprint density at radius 1 is 1.24 bits per heavy atom. The van der Waals surface area contributed by atoms with Gasteiger partial charge in [-0.2, -0.15) is 0 Å². The van der Waals surface area contributed by atoms with Crippen LogP contribution in [0.25, 0.3) is 0 Å². The second kappa shape index (κ2) is 10.0. The highest BCUT2D eigenvalue weighted by Crippen LogP contribution is 2.25. The van der Waals surface area contributed by atoms with Gasteiger partial charge in [0.1, 0.15) is 5.75 Å². The van der Waals surface area contributed by atoms with E-state index in [1.165, 1.54) is 0 Å². The van der Waals surface area contributed by atoms with E-state index in [9.17, 15) is 0 Å². The number of halogens is 1. The molecule has 0 radical (unpaired) electrons. The van der Waals surface area contributed by atoms with Crippen molar-refractivity contribution in [3.63, 3.8) is 0 Å². The van der Waals surface area contributed by atoms with Gasteiger partial charge in [-0.05, 0) is 50.1 Å². The third kappa shape index (κ3) is 5.85. The SMILES string of the molecule is CCCC(OCC)C(Cc1cc(Cl)ccc1OC)NCC. The molecule has 0 amide bonds. The predicted molar refractivity (Wildman–Crippen MR) is 89.5 cm³/mol. The fourth-order valence-electron chi connectivity index (χ4n) is 2.64. The maximum Gasteiger partial charge on any atom is 0.122 e. The maximum absolute atomic E-state index is 6.13. The fraction of sp³-hybridized carbons (Fsp3) is 0.647. The molecule has 0 heterocycles. The van der Waals surface area contributed by atoms with Crippen LogP contribution in [0.15, 0.2) is 18.2 Å². The number of hydrogen-bond acceptors (Lipinski definition) is 3. The zero-order chi connectivity index (χ0) is 15.7. The number of rotatable bonds is 10. The number of hydrogen-bond donors (Lipinski definition) is 1. The highest BCUT2D eigenvalue weighted by molar-refractivity contribution is 6.30. The van der Waals surface area contributed by atoms with Crippen molar-refractivity contribution in [2.75, 3.05) is 20.3 Å². The van der Waals surface area contributed by atoms with E-state index in [0.717, 1.165) is 48.7 Å². The minimum absolute atomic E-state index is 0.212. The minimum atomic E-state index is 0.212. The zero-order valence-electron chi connectivity index (χ0n) is 13.6. The minimum Gasteiger partial charge on any atom is -0.496 e. The first-order valence-corrected chi connectivity index (χ1v) is 8.21. The molecule has 0 saturated carbocycles. The first-order valence-electron chi connectivity index (χ1n) is 7.83. The second-order valence-electron chi connectivity index (χ2n) is 5.11. The van der Waals surface area contributed by atoms with Gasteiger partial charge in [0.25, 0.3) is 0 Å². The number of likely N-dealkylation sites (N-methyl/N-ethyl adjacent to an activating group) is 1. The van der Waals surface area contributed by atoms with Gasteiger partial charge >= 0.3 is 0 Å². The van der Waals surface area contributed by atoms with Crippen molar-refractivity contribution >= 4 is 11.6 Å². The molecule has 0 aromatic heterocycles. The number of ether oxygens (including phenoxy) is 2. The van der Waals surface area contributed by atoms with Crippen molar-refractivity contribution in [1.82, 2.24) is 5.32 Å². The largest absolute Gasteiger partial charge is 0.496 e. The van der Waals surface area contributed by atoms with E-state index in [1.807, 2.05) is 25.1 Å². The van der Waals surface area contributed by atoms with Gasteiger partial charge in [0.15, 0.2) is 0 Å². The molecule has 4 heteroatoms. The van der Waals surface area contributed by atoms with E-state index in [4.69, 9.17) is 21.1 Å². The van der Waals surface area contributed by atoms with Gasteiger partial charge in [0.05, 0.1) is 13.2 Å². The Labute approximate surface area is 134 Å². The lowest BCUT2D eigenvalue weighted by Gasteiger charge is -2.28. The summed E-state index contributed by atoms with van der Waals surface area (Å²) in [6, 6.07) is 6.04. The average molecular weight is 314 g/mol. The Kier molecular flexibility index (Phi) is 8.74. The lowest BCUT2D eigenvalue weighted by Crippen LogP contribution is -2.43. The summed E-state index contributed by atoms with van der Waals surface area (Å²) < 4.78 is 11.4. The molecule has 0 aliphatic rings. The standard InChI is InChI=1S/C17H28ClNO2/c1-5-8-17(21-7-3)15(19-6-2)12-13-11-14(18)9-10-16(13)20-4/h9-11,15,17,19H,5-8,12H2,1-4H3. The molecule has 2 atom stereocenters. The summed E-state index contributed by atoms with van der Waals surface area (Å²) in [7, 11) is 1.70. The van der Waals surface area contributed by atoms with Crippen LogP contribution < -0.4 is 10.1 Å². The average Bonchev–Trinajstić information content (AvgIpc) is 2.47. The van der Waals surface area contributed by atoms with Gasteiger partial charge in [-0.1, -0.05) is 31.9 Å². The first kappa shape index (κ1) is 18.3. The molecular formula is C17H28ClNO2. The number of methoxy groups -OCH3 is 1. The molecule has 2 unspecified atom stereocenters. The molecule has 21 heavy (non-hydrogen) atoms. The molecule has 0 spiro atoms. The highest BCUT2D eigenvalue weighted by Gasteiger charge is 2.22. The van der Waals surface area contributed by atoms with E-state index in [2.05, 4.69) is 19.2 Å². The Balaban J connectivity index is 2.92. The fourth-order valence-corrected chi connectivity index (χ4v) is 2.83. The molecule has 0 aliphatic carbocycles. The normalized spacial score (nSPS) is 14.0.